The number of carbonyl (C=O) groups is 1. The van der Waals surface area contributed by atoms with Gasteiger partial charge in [0, 0.05) is 6.04 Å². The van der Waals surface area contributed by atoms with E-state index >= 15 is 0 Å². The zero-order valence-electron chi connectivity index (χ0n) is 10.8. The predicted octanol–water partition coefficient (Wildman–Crippen LogP) is 2.91. The van der Waals surface area contributed by atoms with Gasteiger partial charge in [-0.2, -0.15) is 0 Å². The predicted molar refractivity (Wildman–Crippen MR) is 68.8 cm³/mol. The van der Waals surface area contributed by atoms with Crippen LogP contribution in [0.5, 0.6) is 0 Å². The lowest BCUT2D eigenvalue weighted by atomic mass is 9.98. The number of esters is 1. The maximum absolute atomic E-state index is 11.3. The van der Waals surface area contributed by atoms with Crippen molar-refractivity contribution in [1.29, 1.82) is 0 Å². The molecule has 0 saturated carbocycles. The van der Waals surface area contributed by atoms with Crippen molar-refractivity contribution in [1.82, 2.24) is 0 Å². The molecule has 0 bridgehead atoms. The molecule has 94 valence electrons. The molecule has 0 heterocycles. The maximum atomic E-state index is 11.3. The molecule has 0 aliphatic heterocycles. The molecule has 1 rings (SSSR count). The van der Waals surface area contributed by atoms with Crippen LogP contribution in [0, 0.1) is 5.92 Å². The van der Waals surface area contributed by atoms with Crippen LogP contribution in [0.15, 0.2) is 24.3 Å². The van der Waals surface area contributed by atoms with Crippen molar-refractivity contribution in [2.75, 3.05) is 7.11 Å². The summed E-state index contributed by atoms with van der Waals surface area (Å²) in [5.41, 5.74) is 7.72. The number of hydrogen-bond donors (Lipinski definition) is 1. The first-order valence-electron chi connectivity index (χ1n) is 5.98. The molecule has 0 saturated heterocycles. The number of benzene rings is 1. The lowest BCUT2D eigenvalue weighted by Gasteiger charge is -2.13. The Balaban J connectivity index is 2.63. The summed E-state index contributed by atoms with van der Waals surface area (Å²) in [5, 5.41) is 0. The van der Waals surface area contributed by atoms with Gasteiger partial charge in [0.2, 0.25) is 0 Å². The fourth-order valence-corrected chi connectivity index (χ4v) is 1.66. The molecule has 1 unspecified atom stereocenters. The minimum atomic E-state index is -0.313. The number of rotatable bonds is 5. The summed E-state index contributed by atoms with van der Waals surface area (Å²) in [6, 6.07) is 7.37. The highest BCUT2D eigenvalue weighted by atomic mass is 16.5. The fourth-order valence-electron chi connectivity index (χ4n) is 1.66. The first kappa shape index (κ1) is 13.7. The molecule has 0 aliphatic rings. The monoisotopic (exact) mass is 235 g/mol. The molecule has 1 aromatic rings. The van der Waals surface area contributed by atoms with Crippen molar-refractivity contribution in [3.63, 3.8) is 0 Å². The normalized spacial score (nSPS) is 12.5. The average Bonchev–Trinajstić information content (AvgIpc) is 2.35. The molecule has 1 atom stereocenters. The van der Waals surface area contributed by atoms with Crippen LogP contribution in [-0.4, -0.2) is 13.1 Å². The zero-order chi connectivity index (χ0) is 12.8. The zero-order valence-corrected chi connectivity index (χ0v) is 10.8. The van der Waals surface area contributed by atoms with E-state index in [4.69, 9.17) is 5.73 Å². The third kappa shape index (κ3) is 4.19. The van der Waals surface area contributed by atoms with E-state index in [1.54, 1.807) is 12.1 Å². The lowest BCUT2D eigenvalue weighted by molar-refractivity contribution is 0.0600. The van der Waals surface area contributed by atoms with Crippen molar-refractivity contribution in [2.45, 2.75) is 32.7 Å². The van der Waals surface area contributed by atoms with Crippen molar-refractivity contribution in [3.05, 3.63) is 35.4 Å². The van der Waals surface area contributed by atoms with E-state index in [9.17, 15) is 4.79 Å². The number of methoxy groups -OCH3 is 1. The second-order valence-electron chi connectivity index (χ2n) is 4.69. The quantitative estimate of drug-likeness (QED) is 0.798. The van der Waals surface area contributed by atoms with Gasteiger partial charge in [-0.25, -0.2) is 4.79 Å². The van der Waals surface area contributed by atoms with Crippen LogP contribution in [0.3, 0.4) is 0 Å². The molecule has 0 radical (unpaired) electrons. The average molecular weight is 235 g/mol. The molecule has 0 amide bonds. The standard InChI is InChI=1S/C14H21NO2/c1-10(2)4-9-13(15)11-5-7-12(8-6-11)14(16)17-3/h5-8,10,13H,4,9,15H2,1-3H3. The number of hydrogen-bond acceptors (Lipinski definition) is 3. The molecule has 3 heteroatoms. The van der Waals surface area contributed by atoms with E-state index in [-0.39, 0.29) is 12.0 Å². The molecule has 1 aromatic carbocycles. The number of nitrogens with two attached hydrogens (primary N) is 1. The van der Waals surface area contributed by atoms with Gasteiger partial charge in [-0.1, -0.05) is 26.0 Å². The molecule has 2 N–H and O–H groups in total. The van der Waals surface area contributed by atoms with E-state index in [1.165, 1.54) is 7.11 Å². The molecule has 3 nitrogen and oxygen atoms in total. The summed E-state index contributed by atoms with van der Waals surface area (Å²) in [7, 11) is 1.38. The van der Waals surface area contributed by atoms with Crippen LogP contribution in [0.2, 0.25) is 0 Å². The van der Waals surface area contributed by atoms with Crippen LogP contribution in [0.4, 0.5) is 0 Å². The van der Waals surface area contributed by atoms with Crippen LogP contribution in [0.1, 0.15) is 48.7 Å². The Morgan fingerprint density at radius 2 is 1.82 bits per heavy atom. The summed E-state index contributed by atoms with van der Waals surface area (Å²) < 4.78 is 4.65. The third-order valence-electron chi connectivity index (χ3n) is 2.81. The fraction of sp³-hybridized carbons (Fsp3) is 0.500. The van der Waals surface area contributed by atoms with E-state index in [0.717, 1.165) is 18.4 Å². The number of carbonyl (C=O) groups excluding carboxylic acids is 1. The van der Waals surface area contributed by atoms with E-state index in [2.05, 4.69) is 18.6 Å². The van der Waals surface area contributed by atoms with Crippen LogP contribution >= 0.6 is 0 Å². The third-order valence-corrected chi connectivity index (χ3v) is 2.81. The highest BCUT2D eigenvalue weighted by Crippen LogP contribution is 2.19. The Morgan fingerprint density at radius 3 is 2.29 bits per heavy atom. The maximum Gasteiger partial charge on any atom is 0.337 e. The summed E-state index contributed by atoms with van der Waals surface area (Å²) >= 11 is 0. The first-order chi connectivity index (χ1) is 8.04. The van der Waals surface area contributed by atoms with E-state index in [0.29, 0.717) is 11.5 Å². The molecule has 0 fully saturated rings. The topological polar surface area (TPSA) is 52.3 Å². The first-order valence-corrected chi connectivity index (χ1v) is 5.98. The molecule has 0 aliphatic carbocycles. The van der Waals surface area contributed by atoms with Crippen LogP contribution < -0.4 is 5.73 Å². The van der Waals surface area contributed by atoms with E-state index in [1.807, 2.05) is 12.1 Å². The van der Waals surface area contributed by atoms with Crippen LogP contribution in [0.25, 0.3) is 0 Å². The SMILES string of the molecule is COC(=O)c1ccc(C(N)CCC(C)C)cc1. The van der Waals surface area contributed by atoms with Gasteiger partial charge in [0.05, 0.1) is 12.7 Å². The van der Waals surface area contributed by atoms with Gasteiger partial charge in [-0.3, -0.25) is 0 Å². The summed E-state index contributed by atoms with van der Waals surface area (Å²) in [6.07, 6.45) is 2.08. The minimum absolute atomic E-state index is 0.0455. The highest BCUT2D eigenvalue weighted by molar-refractivity contribution is 5.89. The van der Waals surface area contributed by atoms with Gasteiger partial charge >= 0.3 is 5.97 Å². The molecule has 0 aromatic heterocycles. The van der Waals surface area contributed by atoms with Gasteiger partial charge in [0.25, 0.3) is 0 Å². The Morgan fingerprint density at radius 1 is 1.24 bits per heavy atom. The van der Waals surface area contributed by atoms with Gasteiger partial charge in [0.1, 0.15) is 0 Å². The Kier molecular flexibility index (Phi) is 5.16. The van der Waals surface area contributed by atoms with Crippen molar-refractivity contribution < 1.29 is 9.53 Å². The lowest BCUT2D eigenvalue weighted by Crippen LogP contribution is -2.11. The Hall–Kier alpha value is -1.35. The molecular weight excluding hydrogens is 214 g/mol. The second kappa shape index (κ2) is 6.40. The number of ether oxygens (including phenoxy) is 1. The second-order valence-corrected chi connectivity index (χ2v) is 4.69. The van der Waals surface area contributed by atoms with Crippen molar-refractivity contribution in [3.8, 4) is 0 Å². The van der Waals surface area contributed by atoms with Crippen molar-refractivity contribution >= 4 is 5.97 Å². The van der Waals surface area contributed by atoms with E-state index < -0.39 is 0 Å². The summed E-state index contributed by atoms with van der Waals surface area (Å²) in [6.45, 7) is 4.38. The van der Waals surface area contributed by atoms with Crippen molar-refractivity contribution in [2.24, 2.45) is 11.7 Å². The molecule has 0 spiro atoms. The van der Waals surface area contributed by atoms with Crippen LogP contribution in [-0.2, 0) is 4.74 Å². The van der Waals surface area contributed by atoms with Gasteiger partial charge in [0.15, 0.2) is 0 Å². The smallest absolute Gasteiger partial charge is 0.337 e. The Bertz CT molecular complexity index is 357. The Labute approximate surface area is 103 Å². The molecular formula is C14H21NO2. The highest BCUT2D eigenvalue weighted by Gasteiger charge is 2.09. The van der Waals surface area contributed by atoms with Gasteiger partial charge in [-0.05, 0) is 36.5 Å². The van der Waals surface area contributed by atoms with Gasteiger partial charge < -0.3 is 10.5 Å². The minimum Gasteiger partial charge on any atom is -0.465 e. The summed E-state index contributed by atoms with van der Waals surface area (Å²) in [5.74, 6) is 0.350. The van der Waals surface area contributed by atoms with Gasteiger partial charge in [-0.15, -0.1) is 0 Å². The largest absolute Gasteiger partial charge is 0.465 e. The summed E-state index contributed by atoms with van der Waals surface area (Å²) in [4.78, 5) is 11.3. The molecule has 17 heavy (non-hydrogen) atoms.